The van der Waals surface area contributed by atoms with Crippen molar-refractivity contribution < 1.29 is 31.9 Å². The van der Waals surface area contributed by atoms with Crippen LogP contribution in [0, 0.1) is 6.92 Å². The van der Waals surface area contributed by atoms with Gasteiger partial charge in [0.25, 0.3) is 0 Å². The normalized spacial score (nSPS) is 9.95. The van der Waals surface area contributed by atoms with Crippen molar-refractivity contribution in [2.45, 2.75) is 32.7 Å². The number of hydrogen-bond acceptors (Lipinski definition) is 3. The Bertz CT molecular complexity index is 292. The van der Waals surface area contributed by atoms with Crippen molar-refractivity contribution in [1.82, 2.24) is 5.32 Å². The molecule has 4 heteroatoms. The Balaban J connectivity index is -0.000000400. The molecule has 0 aliphatic heterocycles. The third-order valence-corrected chi connectivity index (χ3v) is 2.19. The van der Waals surface area contributed by atoms with Gasteiger partial charge in [0.2, 0.25) is 0 Å². The quantitative estimate of drug-likeness (QED) is 0.325. The van der Waals surface area contributed by atoms with Gasteiger partial charge in [0, 0.05) is 34.9 Å². The van der Waals surface area contributed by atoms with Crippen LogP contribution in [0.2, 0.25) is 0 Å². The van der Waals surface area contributed by atoms with Gasteiger partial charge < -0.3 is 22.5 Å². The van der Waals surface area contributed by atoms with Crippen LogP contribution < -0.4 is 5.32 Å². The molecule has 3 nitrogen and oxygen atoms in total. The van der Waals surface area contributed by atoms with E-state index in [1.54, 1.807) is 13.8 Å². The predicted octanol–water partition coefficient (Wildman–Crippen LogP) is 3.11. The van der Waals surface area contributed by atoms with E-state index in [0.717, 1.165) is 19.4 Å². The summed E-state index contributed by atoms with van der Waals surface area (Å²) in [6, 6.07) is 10.6. The molecule has 1 aromatic carbocycles. The van der Waals surface area contributed by atoms with E-state index in [2.05, 4.69) is 43.1 Å². The maximum atomic E-state index is 7.57. The summed E-state index contributed by atoms with van der Waals surface area (Å²) in [5, 5.41) is 18.6. The summed E-state index contributed by atoms with van der Waals surface area (Å²) in [5.41, 5.74) is 1.27. The summed E-state index contributed by atoms with van der Waals surface area (Å²) in [5.74, 6) is 0. The first kappa shape index (κ1) is 25.5. The molecular formula is C17H30NO2Ti-. The van der Waals surface area contributed by atoms with Crippen LogP contribution in [0.5, 0.6) is 0 Å². The third-order valence-electron chi connectivity index (χ3n) is 2.19. The fraction of sp³-hybridized carbons (Fsp3) is 0.471. The molecule has 0 aliphatic carbocycles. The summed E-state index contributed by atoms with van der Waals surface area (Å²) in [7, 11) is 0. The van der Waals surface area contributed by atoms with Crippen molar-refractivity contribution in [2.75, 3.05) is 19.8 Å². The van der Waals surface area contributed by atoms with Gasteiger partial charge in [-0.15, -0.1) is 6.58 Å². The average Bonchev–Trinajstić information content (AvgIpc) is 2.46. The molecule has 0 spiro atoms. The number of nitrogens with one attached hydrogen (secondary N) is 1. The topological polar surface area (TPSA) is 52.5 Å². The third kappa shape index (κ3) is 17.5. The fourth-order valence-electron chi connectivity index (χ4n) is 1.38. The zero-order chi connectivity index (χ0) is 15.6. The molecule has 1 rings (SSSR count). The first-order chi connectivity index (χ1) is 9.71. The molecule has 0 aromatic heterocycles. The minimum Gasteiger partial charge on any atom is -0.397 e. The molecule has 0 saturated heterocycles. The summed E-state index contributed by atoms with van der Waals surface area (Å²) in [6.07, 6.45) is 4.03. The number of hydrogen-bond donors (Lipinski definition) is 3. The number of benzene rings is 1. The van der Waals surface area contributed by atoms with E-state index in [1.165, 1.54) is 5.56 Å². The Hall–Kier alpha value is -0.446. The van der Waals surface area contributed by atoms with E-state index in [9.17, 15) is 0 Å². The largest absolute Gasteiger partial charge is 0.397 e. The van der Waals surface area contributed by atoms with E-state index in [4.69, 9.17) is 10.2 Å². The summed E-state index contributed by atoms with van der Waals surface area (Å²) in [4.78, 5) is 0. The van der Waals surface area contributed by atoms with Crippen molar-refractivity contribution in [2.24, 2.45) is 0 Å². The predicted molar refractivity (Wildman–Crippen MR) is 87.5 cm³/mol. The first-order valence-corrected chi connectivity index (χ1v) is 7.13. The van der Waals surface area contributed by atoms with Crippen LogP contribution >= 0.6 is 0 Å². The SMILES string of the molecule is C=CC(NCCC[CH2-])c1ccccc1.CCO.CCO.[Ti]. The van der Waals surface area contributed by atoms with Gasteiger partial charge in [0.15, 0.2) is 0 Å². The van der Waals surface area contributed by atoms with Crippen molar-refractivity contribution in [3.05, 3.63) is 55.5 Å². The monoisotopic (exact) mass is 328 g/mol. The molecule has 0 heterocycles. The van der Waals surface area contributed by atoms with Crippen LogP contribution in [-0.4, -0.2) is 30.0 Å². The first-order valence-electron chi connectivity index (χ1n) is 7.13. The molecule has 1 atom stereocenters. The van der Waals surface area contributed by atoms with Gasteiger partial charge in [-0.2, -0.15) is 6.42 Å². The molecule has 1 aromatic rings. The number of rotatable bonds is 6. The molecule has 0 radical (unpaired) electrons. The minimum atomic E-state index is 0. The second-order valence-electron chi connectivity index (χ2n) is 3.92. The Labute approximate surface area is 145 Å². The number of aliphatic hydroxyl groups is 2. The van der Waals surface area contributed by atoms with Gasteiger partial charge in [0.1, 0.15) is 0 Å². The summed E-state index contributed by atoms with van der Waals surface area (Å²) < 4.78 is 0. The average molecular weight is 328 g/mol. The van der Waals surface area contributed by atoms with Crippen LogP contribution in [0.1, 0.15) is 38.3 Å². The molecule has 1 unspecified atom stereocenters. The molecular weight excluding hydrogens is 298 g/mol. The van der Waals surface area contributed by atoms with Gasteiger partial charge in [-0.25, -0.2) is 0 Å². The van der Waals surface area contributed by atoms with E-state index in [0.29, 0.717) is 0 Å². The van der Waals surface area contributed by atoms with Crippen molar-refractivity contribution in [1.29, 1.82) is 0 Å². The Kier molecular flexibility index (Phi) is 26.5. The molecule has 21 heavy (non-hydrogen) atoms. The zero-order valence-electron chi connectivity index (χ0n) is 13.4. The molecule has 0 amide bonds. The van der Waals surface area contributed by atoms with Crippen LogP contribution in [0.4, 0.5) is 0 Å². The maximum absolute atomic E-state index is 7.57. The van der Waals surface area contributed by atoms with Gasteiger partial charge in [-0.3, -0.25) is 0 Å². The second kappa shape index (κ2) is 21.8. The second-order valence-corrected chi connectivity index (χ2v) is 3.92. The van der Waals surface area contributed by atoms with E-state index in [-0.39, 0.29) is 41.0 Å². The minimum absolute atomic E-state index is 0. The van der Waals surface area contributed by atoms with Gasteiger partial charge in [-0.05, 0) is 26.0 Å². The fourth-order valence-corrected chi connectivity index (χ4v) is 1.38. The standard InChI is InChI=1S/C13H18N.2C2H6O.Ti/c1-3-5-11-14-13(4-2)12-9-7-6-8-10-12;2*1-2-3;/h4,6-10,13-14H,1-3,5,11H2;2*3H,2H2,1H3;/q-1;;;. The maximum Gasteiger partial charge on any atom is 0.0503 e. The Morgan fingerprint density at radius 3 is 2.05 bits per heavy atom. The van der Waals surface area contributed by atoms with E-state index in [1.807, 2.05) is 12.1 Å². The van der Waals surface area contributed by atoms with Crippen molar-refractivity contribution in [3.63, 3.8) is 0 Å². The summed E-state index contributed by atoms with van der Waals surface area (Å²) in [6.45, 7) is 12.5. The molecule has 0 aliphatic rings. The number of unbranched alkanes of at least 4 members (excludes halogenated alkanes) is 1. The Morgan fingerprint density at radius 1 is 1.19 bits per heavy atom. The van der Waals surface area contributed by atoms with Gasteiger partial charge in [-0.1, -0.05) is 42.8 Å². The molecule has 3 N–H and O–H groups in total. The van der Waals surface area contributed by atoms with Crippen molar-refractivity contribution >= 4 is 0 Å². The molecule has 120 valence electrons. The molecule has 0 fully saturated rings. The summed E-state index contributed by atoms with van der Waals surface area (Å²) >= 11 is 0. The van der Waals surface area contributed by atoms with Crippen LogP contribution in [-0.2, 0) is 21.7 Å². The number of aliphatic hydroxyl groups excluding tert-OH is 2. The van der Waals surface area contributed by atoms with Crippen LogP contribution in [0.15, 0.2) is 43.0 Å². The Morgan fingerprint density at radius 2 is 1.67 bits per heavy atom. The van der Waals surface area contributed by atoms with E-state index < -0.39 is 0 Å². The van der Waals surface area contributed by atoms with Crippen LogP contribution in [0.3, 0.4) is 0 Å². The molecule has 0 saturated carbocycles. The van der Waals surface area contributed by atoms with E-state index >= 15 is 0 Å². The van der Waals surface area contributed by atoms with Gasteiger partial charge >= 0.3 is 0 Å². The van der Waals surface area contributed by atoms with Crippen molar-refractivity contribution in [3.8, 4) is 0 Å². The van der Waals surface area contributed by atoms with Gasteiger partial charge in [0.05, 0.1) is 6.04 Å². The molecule has 0 bridgehead atoms. The zero-order valence-corrected chi connectivity index (χ0v) is 14.9. The van der Waals surface area contributed by atoms with Crippen LogP contribution in [0.25, 0.3) is 0 Å². The smallest absolute Gasteiger partial charge is 0.0503 e.